The van der Waals surface area contributed by atoms with Crippen LogP contribution in [0.4, 0.5) is 11.4 Å². The molecule has 2 aromatic carbocycles. The van der Waals surface area contributed by atoms with Gasteiger partial charge in [-0.3, -0.25) is 9.59 Å². The summed E-state index contributed by atoms with van der Waals surface area (Å²) in [4.78, 5) is 23.8. The van der Waals surface area contributed by atoms with Crippen molar-refractivity contribution in [3.05, 3.63) is 53.9 Å². The van der Waals surface area contributed by atoms with Crippen molar-refractivity contribution in [2.24, 2.45) is 0 Å². The van der Waals surface area contributed by atoms with Crippen molar-refractivity contribution >= 4 is 35.0 Å². The van der Waals surface area contributed by atoms with E-state index >= 15 is 0 Å². The molecule has 2 N–H and O–H groups in total. The molecular formula is C24H29N5O4S. The van der Waals surface area contributed by atoms with Gasteiger partial charge in [-0.25, -0.2) is 0 Å². The molecule has 0 saturated carbocycles. The van der Waals surface area contributed by atoms with Gasteiger partial charge in [-0.2, -0.15) is 0 Å². The van der Waals surface area contributed by atoms with Gasteiger partial charge in [0, 0.05) is 24.8 Å². The van der Waals surface area contributed by atoms with Crippen molar-refractivity contribution < 1.29 is 19.1 Å². The number of hydrogen-bond acceptors (Lipinski definition) is 7. The number of carbonyl (C=O) groups is 2. The van der Waals surface area contributed by atoms with Gasteiger partial charge < -0.3 is 24.7 Å². The highest BCUT2D eigenvalue weighted by Crippen LogP contribution is 2.31. The zero-order valence-corrected chi connectivity index (χ0v) is 20.7. The summed E-state index contributed by atoms with van der Waals surface area (Å²) in [6.45, 7) is 7.85. The maximum Gasteiger partial charge on any atom is 0.234 e. The van der Waals surface area contributed by atoms with Gasteiger partial charge in [0.2, 0.25) is 11.8 Å². The minimum absolute atomic E-state index is 0.140. The van der Waals surface area contributed by atoms with Crippen molar-refractivity contribution in [3.63, 3.8) is 0 Å². The number of methoxy groups -OCH3 is 1. The minimum Gasteiger partial charge on any atom is -0.493 e. The lowest BCUT2D eigenvalue weighted by molar-refractivity contribution is -0.114. The van der Waals surface area contributed by atoms with E-state index in [1.54, 1.807) is 19.2 Å². The summed E-state index contributed by atoms with van der Waals surface area (Å²) < 4.78 is 13.4. The second-order valence-corrected chi connectivity index (χ2v) is 8.49. The molecule has 1 unspecified atom stereocenters. The number of carbonyl (C=O) groups excluding carboxylic acids is 2. The lowest BCUT2D eigenvalue weighted by Gasteiger charge is -2.17. The number of rotatable bonds is 10. The lowest BCUT2D eigenvalue weighted by Crippen LogP contribution is -2.16. The average Bonchev–Trinajstić information content (AvgIpc) is 3.22. The third kappa shape index (κ3) is 6.28. The van der Waals surface area contributed by atoms with Crippen LogP contribution in [-0.4, -0.2) is 39.4 Å². The molecule has 0 aliphatic heterocycles. The molecule has 9 nitrogen and oxygen atoms in total. The number of aryl methyl sites for hydroxylation is 1. The van der Waals surface area contributed by atoms with E-state index < -0.39 is 0 Å². The second kappa shape index (κ2) is 11.6. The molecule has 0 bridgehead atoms. The summed E-state index contributed by atoms with van der Waals surface area (Å²) in [7, 11) is 1.60. The molecule has 0 spiro atoms. The van der Waals surface area contributed by atoms with E-state index in [-0.39, 0.29) is 23.7 Å². The molecule has 1 heterocycles. The highest BCUT2D eigenvalue weighted by molar-refractivity contribution is 7.99. The predicted octanol–water partition coefficient (Wildman–Crippen LogP) is 4.44. The van der Waals surface area contributed by atoms with E-state index in [1.165, 1.54) is 18.7 Å². The Morgan fingerprint density at radius 1 is 1.12 bits per heavy atom. The van der Waals surface area contributed by atoms with Gasteiger partial charge in [0.05, 0.1) is 12.9 Å². The Morgan fingerprint density at radius 2 is 1.85 bits per heavy atom. The first kappa shape index (κ1) is 25.1. The van der Waals surface area contributed by atoms with E-state index in [4.69, 9.17) is 9.47 Å². The molecule has 10 heteroatoms. The van der Waals surface area contributed by atoms with Crippen LogP contribution >= 0.6 is 11.8 Å². The minimum atomic E-state index is -0.364. The maximum atomic E-state index is 12.5. The van der Waals surface area contributed by atoms with Gasteiger partial charge in [-0.05, 0) is 56.7 Å². The summed E-state index contributed by atoms with van der Waals surface area (Å²) in [5, 5.41) is 14.8. The van der Waals surface area contributed by atoms with Crippen LogP contribution < -0.4 is 20.1 Å². The third-order valence-electron chi connectivity index (χ3n) is 4.95. The Balaban J connectivity index is 1.62. The predicted molar refractivity (Wildman–Crippen MR) is 133 cm³/mol. The zero-order chi connectivity index (χ0) is 24.7. The number of aromatic nitrogens is 3. The van der Waals surface area contributed by atoms with Gasteiger partial charge in [0.25, 0.3) is 0 Å². The standard InChI is InChI=1S/C24H29N5O4S/c1-6-29-23(16(3)33-21-10-8-7-9-20(21)32-5)27-28-24(29)34-14-22(31)26-18-11-12-19(15(2)13-18)25-17(4)30/h7-13,16H,6,14H2,1-5H3,(H,25,30)(H,26,31). The average molecular weight is 484 g/mol. The molecule has 0 aliphatic rings. The van der Waals surface area contributed by atoms with E-state index in [0.29, 0.717) is 40.4 Å². The SMILES string of the molecule is CCn1c(SCC(=O)Nc2ccc(NC(C)=O)c(C)c2)nnc1C(C)Oc1ccccc1OC. The highest BCUT2D eigenvalue weighted by Gasteiger charge is 2.20. The Kier molecular flexibility index (Phi) is 8.53. The topological polar surface area (TPSA) is 107 Å². The molecule has 180 valence electrons. The van der Waals surface area contributed by atoms with Crippen LogP contribution in [0.3, 0.4) is 0 Å². The lowest BCUT2D eigenvalue weighted by atomic mass is 10.1. The van der Waals surface area contributed by atoms with Gasteiger partial charge >= 0.3 is 0 Å². The van der Waals surface area contributed by atoms with Crippen LogP contribution in [0.15, 0.2) is 47.6 Å². The first-order valence-electron chi connectivity index (χ1n) is 10.9. The monoisotopic (exact) mass is 483 g/mol. The fourth-order valence-electron chi connectivity index (χ4n) is 3.36. The Hall–Kier alpha value is -3.53. The summed E-state index contributed by atoms with van der Waals surface area (Å²) in [6.07, 6.45) is -0.364. The fraction of sp³-hybridized carbons (Fsp3) is 0.333. The summed E-state index contributed by atoms with van der Waals surface area (Å²) in [5.74, 6) is 1.80. The number of hydrogen-bond donors (Lipinski definition) is 2. The molecule has 0 fully saturated rings. The summed E-state index contributed by atoms with van der Waals surface area (Å²) >= 11 is 1.31. The maximum absolute atomic E-state index is 12.5. The van der Waals surface area contributed by atoms with Crippen LogP contribution in [0.25, 0.3) is 0 Å². The molecule has 3 rings (SSSR count). The number of nitrogens with zero attached hydrogens (tertiary/aromatic N) is 3. The van der Waals surface area contributed by atoms with Crippen molar-refractivity contribution in [3.8, 4) is 11.5 Å². The number of amides is 2. The van der Waals surface area contributed by atoms with Crippen LogP contribution in [0.2, 0.25) is 0 Å². The first-order valence-corrected chi connectivity index (χ1v) is 11.8. The van der Waals surface area contributed by atoms with Crippen LogP contribution in [0, 0.1) is 6.92 Å². The van der Waals surface area contributed by atoms with Gasteiger partial charge in [-0.1, -0.05) is 23.9 Å². The molecule has 0 aliphatic carbocycles. The van der Waals surface area contributed by atoms with E-state index in [2.05, 4.69) is 20.8 Å². The molecular weight excluding hydrogens is 454 g/mol. The van der Waals surface area contributed by atoms with E-state index in [9.17, 15) is 9.59 Å². The van der Waals surface area contributed by atoms with Crippen LogP contribution in [0.5, 0.6) is 11.5 Å². The smallest absolute Gasteiger partial charge is 0.234 e. The highest BCUT2D eigenvalue weighted by atomic mass is 32.2. The molecule has 1 aromatic heterocycles. The van der Waals surface area contributed by atoms with Gasteiger partial charge in [-0.15, -0.1) is 10.2 Å². The van der Waals surface area contributed by atoms with Crippen molar-refractivity contribution in [1.82, 2.24) is 14.8 Å². The molecule has 1 atom stereocenters. The Bertz CT molecular complexity index is 1160. The van der Waals surface area contributed by atoms with Crippen molar-refractivity contribution in [2.45, 2.75) is 45.5 Å². The molecule has 3 aromatic rings. The van der Waals surface area contributed by atoms with E-state index in [0.717, 1.165) is 5.56 Å². The third-order valence-corrected chi connectivity index (χ3v) is 5.92. The fourth-order valence-corrected chi connectivity index (χ4v) is 4.17. The number of thioether (sulfide) groups is 1. The second-order valence-electron chi connectivity index (χ2n) is 7.54. The summed E-state index contributed by atoms with van der Waals surface area (Å²) in [5.41, 5.74) is 2.24. The molecule has 2 amide bonds. The van der Waals surface area contributed by atoms with Crippen LogP contribution in [-0.2, 0) is 16.1 Å². The Morgan fingerprint density at radius 3 is 2.50 bits per heavy atom. The van der Waals surface area contributed by atoms with Crippen LogP contribution in [0.1, 0.15) is 38.3 Å². The number of benzene rings is 2. The number of anilines is 2. The van der Waals surface area contributed by atoms with Crippen molar-refractivity contribution in [2.75, 3.05) is 23.5 Å². The number of para-hydroxylation sites is 2. The van der Waals surface area contributed by atoms with Crippen molar-refractivity contribution in [1.29, 1.82) is 0 Å². The number of ether oxygens (including phenoxy) is 2. The van der Waals surface area contributed by atoms with E-state index in [1.807, 2.05) is 55.7 Å². The molecule has 0 radical (unpaired) electrons. The first-order chi connectivity index (χ1) is 16.3. The van der Waals surface area contributed by atoms with Gasteiger partial charge in [0.15, 0.2) is 28.6 Å². The zero-order valence-electron chi connectivity index (χ0n) is 19.9. The quantitative estimate of drug-likeness (QED) is 0.410. The Labute approximate surface area is 203 Å². The molecule has 34 heavy (non-hydrogen) atoms. The normalized spacial score (nSPS) is 11.6. The van der Waals surface area contributed by atoms with Gasteiger partial charge in [0.1, 0.15) is 0 Å². The molecule has 0 saturated heterocycles. The largest absolute Gasteiger partial charge is 0.493 e. The number of nitrogens with one attached hydrogen (secondary N) is 2. The summed E-state index contributed by atoms with van der Waals surface area (Å²) in [6, 6.07) is 12.8.